The molecule has 52 heavy (non-hydrogen) atoms. The highest BCUT2D eigenvalue weighted by molar-refractivity contribution is 6.18. The number of likely N-dealkylation sites (tertiary alicyclic amines) is 2. The second-order valence-electron chi connectivity index (χ2n) is 17.2. The van der Waals surface area contributed by atoms with Gasteiger partial charge in [-0.25, -0.2) is 18.7 Å². The molecule has 7 nitrogen and oxygen atoms in total. The quantitative estimate of drug-likeness (QED) is 0.161. The largest absolute Gasteiger partial charge is 0.347 e. The van der Waals surface area contributed by atoms with E-state index in [-0.39, 0.29) is 17.0 Å². The van der Waals surface area contributed by atoms with Crippen LogP contribution in [0.1, 0.15) is 82.2 Å². The lowest BCUT2D eigenvalue weighted by molar-refractivity contribution is 0.116. The van der Waals surface area contributed by atoms with E-state index in [1.165, 1.54) is 44.7 Å². The number of aryl methyl sites for hydroxylation is 4. The molecule has 1 aliphatic carbocycles. The molecular weight excluding hydrogens is 653 g/mol. The van der Waals surface area contributed by atoms with Gasteiger partial charge in [0, 0.05) is 68.9 Å². The summed E-state index contributed by atoms with van der Waals surface area (Å²) in [5.74, 6) is 1.78. The predicted octanol–water partition coefficient (Wildman–Crippen LogP) is 8.60. The predicted molar refractivity (Wildman–Crippen MR) is 207 cm³/mol. The minimum absolute atomic E-state index is 0.162. The molecule has 5 heterocycles. The molecule has 274 valence electrons. The lowest BCUT2D eigenvalue weighted by Crippen LogP contribution is -2.55. The number of aromatic nitrogens is 4. The Kier molecular flexibility index (Phi) is 8.53. The van der Waals surface area contributed by atoms with Crippen LogP contribution in [-0.2, 0) is 19.9 Å². The average molecular weight is 706 g/mol. The summed E-state index contributed by atoms with van der Waals surface area (Å²) in [5.41, 5.74) is 3.78. The Hall–Kier alpha value is -3.69. The van der Waals surface area contributed by atoms with Gasteiger partial charge in [0.2, 0.25) is 0 Å². The first-order valence-corrected chi connectivity index (χ1v) is 19.9. The monoisotopic (exact) mass is 705 g/mol. The molecule has 0 radical (unpaired) electrons. The molecule has 2 bridgehead atoms. The van der Waals surface area contributed by atoms with Crippen molar-refractivity contribution in [3.05, 3.63) is 59.0 Å². The summed E-state index contributed by atoms with van der Waals surface area (Å²) in [6.07, 6.45) is 12.8. The van der Waals surface area contributed by atoms with E-state index in [0.29, 0.717) is 52.6 Å². The standard InChI is InChI=1S/C43H53F2N7/c1-6-31-34(44)14-11-28-19-26(2)20-32(36(28)31)37-39(45)41-38(33-24-50(5)48-40(33)37)42(47-35(46-41)15-17-43(3)16-8-18-49(4)25-43)52-29-12-13-30(52)23-51(22-29)21-27-9-7-10-27/h11,14,19-20,24,27,29-30H,6-10,12-13,15-18,21-23,25H2,1-5H3/t29?,30?,43-/m0/s1. The zero-order chi connectivity index (χ0) is 35.9. The maximum Gasteiger partial charge on any atom is 0.159 e. The number of piperazine rings is 1. The van der Waals surface area contributed by atoms with Gasteiger partial charge in [-0.2, -0.15) is 5.10 Å². The van der Waals surface area contributed by atoms with E-state index >= 15 is 8.78 Å². The smallest absolute Gasteiger partial charge is 0.159 e. The van der Waals surface area contributed by atoms with E-state index in [4.69, 9.17) is 15.1 Å². The first-order valence-electron chi connectivity index (χ1n) is 19.9. The highest BCUT2D eigenvalue weighted by Crippen LogP contribution is 2.46. The third-order valence-corrected chi connectivity index (χ3v) is 13.1. The van der Waals surface area contributed by atoms with Crippen molar-refractivity contribution in [1.82, 2.24) is 29.5 Å². The number of hydrogen-bond donors (Lipinski definition) is 0. The third-order valence-electron chi connectivity index (χ3n) is 13.1. The van der Waals surface area contributed by atoms with Crippen LogP contribution in [-0.4, -0.2) is 81.4 Å². The maximum atomic E-state index is 17.9. The van der Waals surface area contributed by atoms with Crippen molar-refractivity contribution in [3.8, 4) is 11.1 Å². The van der Waals surface area contributed by atoms with Crippen LogP contribution in [0.5, 0.6) is 0 Å². The Balaban J connectivity index is 1.25. The highest BCUT2D eigenvalue weighted by atomic mass is 19.1. The van der Waals surface area contributed by atoms with Crippen molar-refractivity contribution in [3.63, 3.8) is 0 Å². The van der Waals surface area contributed by atoms with Gasteiger partial charge in [0.15, 0.2) is 5.82 Å². The molecule has 0 N–H and O–H groups in total. The zero-order valence-electron chi connectivity index (χ0n) is 31.6. The molecule has 0 spiro atoms. The SMILES string of the molecule is CCc1c(F)ccc2cc(C)cc(-c3c(F)c4nc(CC[C@]5(C)CCCN(C)C5)nc(N5C6CCC5CN(CC5CCC5)C6)c4c4cn(C)nc34)c12. The first-order chi connectivity index (χ1) is 25.1. The number of hydrogen-bond acceptors (Lipinski definition) is 6. The van der Waals surface area contributed by atoms with Gasteiger partial charge < -0.3 is 9.80 Å². The minimum Gasteiger partial charge on any atom is -0.347 e. The second kappa shape index (κ2) is 13.0. The fourth-order valence-corrected chi connectivity index (χ4v) is 10.5. The Morgan fingerprint density at radius 2 is 1.73 bits per heavy atom. The van der Waals surface area contributed by atoms with Gasteiger partial charge in [0.1, 0.15) is 28.5 Å². The van der Waals surface area contributed by atoms with Gasteiger partial charge in [-0.15, -0.1) is 0 Å². The number of halogens is 2. The topological polar surface area (TPSA) is 53.3 Å². The molecule has 3 saturated heterocycles. The van der Waals surface area contributed by atoms with Crippen molar-refractivity contribution >= 4 is 38.4 Å². The zero-order valence-corrected chi connectivity index (χ0v) is 31.6. The molecule has 4 aliphatic rings. The molecule has 1 saturated carbocycles. The Bertz CT molecular complexity index is 2180. The second-order valence-corrected chi connectivity index (χ2v) is 17.2. The van der Waals surface area contributed by atoms with Crippen molar-refractivity contribution in [1.29, 1.82) is 0 Å². The van der Waals surface area contributed by atoms with Gasteiger partial charge >= 0.3 is 0 Å². The molecule has 3 aliphatic heterocycles. The molecule has 3 aromatic carbocycles. The van der Waals surface area contributed by atoms with Crippen LogP contribution < -0.4 is 4.90 Å². The Morgan fingerprint density at radius 1 is 0.942 bits per heavy atom. The number of nitrogens with zero attached hydrogens (tertiary/aromatic N) is 7. The normalized spacial score (nSPS) is 24.5. The highest BCUT2D eigenvalue weighted by Gasteiger charge is 2.43. The Morgan fingerprint density at radius 3 is 2.44 bits per heavy atom. The van der Waals surface area contributed by atoms with Gasteiger partial charge in [-0.05, 0) is 117 Å². The van der Waals surface area contributed by atoms with Crippen LogP contribution in [0.25, 0.3) is 43.7 Å². The van der Waals surface area contributed by atoms with E-state index in [0.717, 1.165) is 90.1 Å². The van der Waals surface area contributed by atoms with Gasteiger partial charge in [-0.1, -0.05) is 38.5 Å². The number of rotatable bonds is 8. The molecule has 9 heteroatoms. The van der Waals surface area contributed by atoms with E-state index < -0.39 is 0 Å². The van der Waals surface area contributed by atoms with E-state index in [1.807, 2.05) is 39.2 Å². The summed E-state index contributed by atoms with van der Waals surface area (Å²) in [4.78, 5) is 18.3. The fraction of sp³-hybridized carbons (Fsp3) is 0.558. The van der Waals surface area contributed by atoms with Crippen molar-refractivity contribution < 1.29 is 8.78 Å². The van der Waals surface area contributed by atoms with Crippen LogP contribution in [0.2, 0.25) is 0 Å². The van der Waals surface area contributed by atoms with E-state index in [9.17, 15) is 0 Å². The van der Waals surface area contributed by atoms with Crippen molar-refractivity contribution in [2.75, 3.05) is 44.7 Å². The summed E-state index contributed by atoms with van der Waals surface area (Å²) < 4.78 is 35.2. The van der Waals surface area contributed by atoms with E-state index in [1.54, 1.807) is 4.68 Å². The number of benzene rings is 3. The summed E-state index contributed by atoms with van der Waals surface area (Å²) in [7, 11) is 4.11. The van der Waals surface area contributed by atoms with Crippen LogP contribution in [0, 0.1) is 29.9 Å². The van der Waals surface area contributed by atoms with Crippen molar-refractivity contribution in [2.45, 2.75) is 97.1 Å². The number of piperidine rings is 1. The molecule has 0 amide bonds. The minimum atomic E-state index is -0.385. The number of anilines is 1. The van der Waals surface area contributed by atoms with Gasteiger partial charge in [0.05, 0.1) is 5.39 Å². The van der Waals surface area contributed by atoms with Gasteiger partial charge in [0.25, 0.3) is 0 Å². The van der Waals surface area contributed by atoms with Crippen LogP contribution in [0.15, 0.2) is 30.5 Å². The molecular formula is C43H53F2N7. The molecule has 3 atom stereocenters. The van der Waals surface area contributed by atoms with Gasteiger partial charge in [-0.3, -0.25) is 9.58 Å². The number of fused-ring (bicyclic) bond motifs is 6. The molecule has 2 aromatic heterocycles. The van der Waals surface area contributed by atoms with Crippen LogP contribution in [0.4, 0.5) is 14.6 Å². The maximum absolute atomic E-state index is 17.9. The van der Waals surface area contributed by atoms with Crippen LogP contribution in [0.3, 0.4) is 0 Å². The third kappa shape index (κ3) is 5.77. The molecule has 5 aromatic rings. The first kappa shape index (κ1) is 34.1. The fourth-order valence-electron chi connectivity index (χ4n) is 10.5. The molecule has 4 fully saturated rings. The van der Waals surface area contributed by atoms with Crippen LogP contribution >= 0.6 is 0 Å². The molecule has 2 unspecified atom stereocenters. The summed E-state index contributed by atoms with van der Waals surface area (Å²) in [5, 5.41) is 8.23. The molecule has 9 rings (SSSR count). The van der Waals surface area contributed by atoms with E-state index in [2.05, 4.69) is 34.7 Å². The lowest BCUT2D eigenvalue weighted by atomic mass is 9.78. The lowest BCUT2D eigenvalue weighted by Gasteiger charge is -2.44. The van der Waals surface area contributed by atoms with Crippen molar-refractivity contribution in [2.24, 2.45) is 18.4 Å². The Labute approximate surface area is 306 Å². The summed E-state index contributed by atoms with van der Waals surface area (Å²) in [6, 6.07) is 8.09. The average Bonchev–Trinajstić information content (AvgIpc) is 3.60. The summed E-state index contributed by atoms with van der Waals surface area (Å²) >= 11 is 0. The summed E-state index contributed by atoms with van der Waals surface area (Å²) in [6.45, 7) is 11.8.